The fourth-order valence-electron chi connectivity index (χ4n) is 2.25. The highest BCUT2D eigenvalue weighted by Gasteiger charge is 2.27. The van der Waals surface area contributed by atoms with Gasteiger partial charge in [-0.05, 0) is 30.4 Å². The molecule has 1 heterocycles. The zero-order valence-corrected chi connectivity index (χ0v) is 13.8. The van der Waals surface area contributed by atoms with Crippen molar-refractivity contribution in [2.24, 2.45) is 5.92 Å². The van der Waals surface area contributed by atoms with Crippen molar-refractivity contribution in [1.82, 2.24) is 5.32 Å². The van der Waals surface area contributed by atoms with E-state index in [1.165, 1.54) is 10.5 Å². The molecule has 0 spiro atoms. The van der Waals surface area contributed by atoms with E-state index in [4.69, 9.17) is 0 Å². The maximum atomic E-state index is 12.2. The zero-order chi connectivity index (χ0) is 13.8. The molecule has 0 saturated heterocycles. The largest absolute Gasteiger partial charge is 0.354 e. The molecule has 0 aliphatic carbocycles. The lowest BCUT2D eigenvalue weighted by atomic mass is 10.1. The van der Waals surface area contributed by atoms with E-state index in [9.17, 15) is 4.79 Å². The van der Waals surface area contributed by atoms with Crippen molar-refractivity contribution in [2.45, 2.75) is 41.7 Å². The average Bonchev–Trinajstić information content (AvgIpc) is 2.78. The van der Waals surface area contributed by atoms with Gasteiger partial charge in [0, 0.05) is 16.3 Å². The molecule has 1 N–H and O–H groups in total. The quantitative estimate of drug-likeness (QED) is 0.828. The molecule has 0 fully saturated rings. The summed E-state index contributed by atoms with van der Waals surface area (Å²) in [6.45, 7) is 5.10. The Kier molecular flexibility index (Phi) is 5.34. The first-order valence-electron chi connectivity index (χ1n) is 6.72. The summed E-state index contributed by atoms with van der Waals surface area (Å²) in [6.07, 6.45) is 1.93. The molecular formula is C15H20BrNOS. The number of benzene rings is 1. The maximum Gasteiger partial charge on any atom is 0.233 e. The minimum Gasteiger partial charge on any atom is -0.354 e. The third-order valence-corrected chi connectivity index (χ3v) is 5.18. The molecule has 2 atom stereocenters. The molecule has 0 bridgehead atoms. The fourth-order valence-corrected chi connectivity index (χ4v) is 4.38. The molecule has 104 valence electrons. The first-order valence-corrected chi connectivity index (χ1v) is 8.52. The van der Waals surface area contributed by atoms with E-state index in [1.54, 1.807) is 11.8 Å². The Balaban J connectivity index is 1.80. The van der Waals surface area contributed by atoms with Crippen molar-refractivity contribution < 1.29 is 4.79 Å². The summed E-state index contributed by atoms with van der Waals surface area (Å²) in [7, 11) is 0. The topological polar surface area (TPSA) is 29.1 Å². The highest BCUT2D eigenvalue weighted by Crippen LogP contribution is 2.36. The minimum absolute atomic E-state index is 0.0381. The van der Waals surface area contributed by atoms with Crippen LogP contribution in [-0.2, 0) is 11.2 Å². The summed E-state index contributed by atoms with van der Waals surface area (Å²) in [6, 6.07) is 8.28. The van der Waals surface area contributed by atoms with Gasteiger partial charge in [-0.1, -0.05) is 48.0 Å². The Bertz CT molecular complexity index is 425. The third-order valence-electron chi connectivity index (χ3n) is 3.16. The standard InChI is InChI=1S/C15H20BrNOS/c1-10(2)7-12(16)9-17-15(18)14-8-11-5-3-4-6-13(11)19-14/h3-6,10,12,14H,7-9H2,1-2H3,(H,17,18). The van der Waals surface area contributed by atoms with Gasteiger partial charge in [0.05, 0.1) is 5.25 Å². The number of carbonyl (C=O) groups excluding carboxylic acids is 1. The van der Waals surface area contributed by atoms with Crippen molar-refractivity contribution in [3.05, 3.63) is 29.8 Å². The van der Waals surface area contributed by atoms with E-state index in [1.807, 2.05) is 12.1 Å². The Labute approximate surface area is 127 Å². The molecule has 0 aromatic heterocycles. The number of carbonyl (C=O) groups is 1. The van der Waals surface area contributed by atoms with Crippen LogP contribution in [0.3, 0.4) is 0 Å². The Morgan fingerprint density at radius 3 is 2.89 bits per heavy atom. The Morgan fingerprint density at radius 2 is 2.21 bits per heavy atom. The molecule has 2 nitrogen and oxygen atoms in total. The molecule has 1 amide bonds. The second kappa shape index (κ2) is 6.80. The molecule has 1 aromatic rings. The number of alkyl halides is 1. The molecule has 1 aliphatic rings. The van der Waals surface area contributed by atoms with E-state index < -0.39 is 0 Å². The number of hydrogen-bond donors (Lipinski definition) is 1. The van der Waals surface area contributed by atoms with Gasteiger partial charge in [0.15, 0.2) is 0 Å². The first-order chi connectivity index (χ1) is 9.06. The van der Waals surface area contributed by atoms with Gasteiger partial charge in [0.25, 0.3) is 0 Å². The second-order valence-corrected chi connectivity index (χ2v) is 7.93. The molecule has 19 heavy (non-hydrogen) atoms. The van der Waals surface area contributed by atoms with Crippen LogP contribution < -0.4 is 5.32 Å². The van der Waals surface area contributed by atoms with Gasteiger partial charge in [-0.15, -0.1) is 11.8 Å². The monoisotopic (exact) mass is 341 g/mol. The molecule has 2 unspecified atom stereocenters. The molecular weight excluding hydrogens is 322 g/mol. The summed E-state index contributed by atoms with van der Waals surface area (Å²) in [5.74, 6) is 0.806. The highest BCUT2D eigenvalue weighted by molar-refractivity contribution is 9.09. The van der Waals surface area contributed by atoms with Crippen LogP contribution in [0.4, 0.5) is 0 Å². The number of nitrogens with one attached hydrogen (secondary N) is 1. The minimum atomic E-state index is 0.0381. The maximum absolute atomic E-state index is 12.2. The molecule has 1 aliphatic heterocycles. The molecule has 2 rings (SSSR count). The third kappa shape index (κ3) is 4.25. The van der Waals surface area contributed by atoms with Crippen molar-refractivity contribution in [3.8, 4) is 0 Å². The van der Waals surface area contributed by atoms with Crippen LogP contribution in [-0.4, -0.2) is 22.5 Å². The summed E-state index contributed by atoms with van der Waals surface area (Å²) in [5, 5.41) is 3.10. The van der Waals surface area contributed by atoms with E-state index in [-0.39, 0.29) is 11.2 Å². The predicted molar refractivity (Wildman–Crippen MR) is 85.0 cm³/mol. The summed E-state index contributed by atoms with van der Waals surface area (Å²) in [5.41, 5.74) is 1.30. The second-order valence-electron chi connectivity index (χ2n) is 5.39. The number of amides is 1. The lowest BCUT2D eigenvalue weighted by molar-refractivity contribution is -0.120. The first kappa shape index (κ1) is 14.9. The molecule has 0 radical (unpaired) electrons. The van der Waals surface area contributed by atoms with Crippen molar-refractivity contribution in [1.29, 1.82) is 0 Å². The van der Waals surface area contributed by atoms with E-state index in [2.05, 4.69) is 47.2 Å². The lowest BCUT2D eigenvalue weighted by Gasteiger charge is -2.15. The van der Waals surface area contributed by atoms with Crippen LogP contribution in [0.5, 0.6) is 0 Å². The zero-order valence-electron chi connectivity index (χ0n) is 11.4. The highest BCUT2D eigenvalue weighted by atomic mass is 79.9. The molecule has 0 saturated carbocycles. The SMILES string of the molecule is CC(C)CC(Br)CNC(=O)C1Cc2ccccc2S1. The van der Waals surface area contributed by atoms with Crippen LogP contribution in [0, 0.1) is 5.92 Å². The average molecular weight is 342 g/mol. The number of thioether (sulfide) groups is 1. The van der Waals surface area contributed by atoms with Gasteiger partial charge in [-0.3, -0.25) is 4.79 Å². The predicted octanol–water partition coefficient (Wildman–Crippen LogP) is 3.63. The van der Waals surface area contributed by atoms with E-state index >= 15 is 0 Å². The summed E-state index contributed by atoms with van der Waals surface area (Å²) < 4.78 is 0. The van der Waals surface area contributed by atoms with Crippen molar-refractivity contribution in [3.63, 3.8) is 0 Å². The van der Waals surface area contributed by atoms with Gasteiger partial charge in [0.1, 0.15) is 0 Å². The van der Waals surface area contributed by atoms with Gasteiger partial charge >= 0.3 is 0 Å². The van der Waals surface area contributed by atoms with Gasteiger partial charge in [0.2, 0.25) is 5.91 Å². The van der Waals surface area contributed by atoms with Crippen molar-refractivity contribution >= 4 is 33.6 Å². The normalized spacial score (nSPS) is 19.3. The fraction of sp³-hybridized carbons (Fsp3) is 0.533. The molecule has 4 heteroatoms. The molecule has 1 aromatic carbocycles. The van der Waals surface area contributed by atoms with Crippen LogP contribution in [0.25, 0.3) is 0 Å². The van der Waals surface area contributed by atoms with Crippen molar-refractivity contribution in [2.75, 3.05) is 6.54 Å². The van der Waals surface area contributed by atoms with Crippen LogP contribution in [0.15, 0.2) is 29.2 Å². The van der Waals surface area contributed by atoms with Gasteiger partial charge in [-0.25, -0.2) is 0 Å². The Hall–Kier alpha value is -0.480. The number of hydrogen-bond acceptors (Lipinski definition) is 2. The van der Waals surface area contributed by atoms with E-state index in [0.717, 1.165) is 12.8 Å². The van der Waals surface area contributed by atoms with Gasteiger partial charge < -0.3 is 5.32 Å². The summed E-state index contributed by atoms with van der Waals surface area (Å²) in [4.78, 5) is 13.8. The Morgan fingerprint density at radius 1 is 1.47 bits per heavy atom. The smallest absolute Gasteiger partial charge is 0.233 e. The number of rotatable bonds is 5. The van der Waals surface area contributed by atoms with Crippen LogP contribution >= 0.6 is 27.7 Å². The van der Waals surface area contributed by atoms with Crippen LogP contribution in [0.1, 0.15) is 25.8 Å². The van der Waals surface area contributed by atoms with Crippen LogP contribution in [0.2, 0.25) is 0 Å². The lowest BCUT2D eigenvalue weighted by Crippen LogP contribution is -2.36. The number of halogens is 1. The number of fused-ring (bicyclic) bond motifs is 1. The van der Waals surface area contributed by atoms with E-state index in [0.29, 0.717) is 17.3 Å². The van der Waals surface area contributed by atoms with Gasteiger partial charge in [-0.2, -0.15) is 0 Å². The summed E-state index contributed by atoms with van der Waals surface area (Å²) >= 11 is 5.30.